The van der Waals surface area contributed by atoms with Crippen molar-refractivity contribution in [2.24, 2.45) is 0 Å². The third-order valence-electron chi connectivity index (χ3n) is 6.71. The molecule has 5 nitrogen and oxygen atoms in total. The zero-order valence-corrected chi connectivity index (χ0v) is 21.1. The first-order valence-corrected chi connectivity index (χ1v) is 13.6. The van der Waals surface area contributed by atoms with Crippen molar-refractivity contribution < 1.29 is 4.74 Å². The van der Waals surface area contributed by atoms with Gasteiger partial charge < -0.3 is 9.64 Å². The van der Waals surface area contributed by atoms with Crippen LogP contribution in [-0.4, -0.2) is 40.0 Å². The van der Waals surface area contributed by atoms with Crippen molar-refractivity contribution in [2.45, 2.75) is 56.6 Å². The predicted octanol–water partition coefficient (Wildman–Crippen LogP) is 6.60. The number of ether oxygens (including phenoxy) is 1. The summed E-state index contributed by atoms with van der Waals surface area (Å²) in [6.45, 7) is 4.36. The van der Waals surface area contributed by atoms with Gasteiger partial charge in [-0.1, -0.05) is 6.07 Å². The van der Waals surface area contributed by atoms with Gasteiger partial charge in [-0.3, -0.25) is 0 Å². The van der Waals surface area contributed by atoms with Crippen molar-refractivity contribution in [3.63, 3.8) is 0 Å². The van der Waals surface area contributed by atoms with E-state index in [9.17, 15) is 0 Å². The minimum atomic E-state index is 0.674. The number of rotatable bonds is 7. The zero-order chi connectivity index (χ0) is 22.7. The molecule has 2 fully saturated rings. The van der Waals surface area contributed by atoms with Crippen molar-refractivity contribution >= 4 is 34.3 Å². The Bertz CT molecular complexity index is 1320. The highest BCUT2D eigenvalue weighted by molar-refractivity contribution is 7.98. The smallest absolute Gasteiger partial charge is 0.142 e. The van der Waals surface area contributed by atoms with E-state index in [1.165, 1.54) is 42.5 Å². The molecule has 33 heavy (non-hydrogen) atoms. The fraction of sp³-hybridized carbons (Fsp3) is 0.385. The SMILES string of the molecule is COc1cc(-c2nccs2)cc(C)c1-c1ccc(C)c2c(N(C3CC3)C3CC3)c(SC)nn12. The van der Waals surface area contributed by atoms with Gasteiger partial charge in [0.15, 0.2) is 0 Å². The average molecular weight is 477 g/mol. The molecule has 0 unspecified atom stereocenters. The van der Waals surface area contributed by atoms with E-state index < -0.39 is 0 Å². The number of fused-ring (bicyclic) bond motifs is 1. The number of thioether (sulfide) groups is 1. The van der Waals surface area contributed by atoms with Gasteiger partial charge in [0.25, 0.3) is 0 Å². The summed E-state index contributed by atoms with van der Waals surface area (Å²) in [5, 5.41) is 9.31. The van der Waals surface area contributed by atoms with E-state index in [4.69, 9.17) is 9.84 Å². The van der Waals surface area contributed by atoms with Crippen LogP contribution >= 0.6 is 23.1 Å². The van der Waals surface area contributed by atoms with Crippen molar-refractivity contribution in [1.82, 2.24) is 14.6 Å². The van der Waals surface area contributed by atoms with Crippen LogP contribution < -0.4 is 9.64 Å². The Morgan fingerprint density at radius 1 is 1.09 bits per heavy atom. The minimum Gasteiger partial charge on any atom is -0.496 e. The monoisotopic (exact) mass is 476 g/mol. The summed E-state index contributed by atoms with van der Waals surface area (Å²) in [5.41, 5.74) is 8.25. The number of hydrogen-bond acceptors (Lipinski definition) is 6. The van der Waals surface area contributed by atoms with Crippen molar-refractivity contribution in [3.05, 3.63) is 47.0 Å². The lowest BCUT2D eigenvalue weighted by Gasteiger charge is -2.25. The largest absolute Gasteiger partial charge is 0.496 e. The van der Waals surface area contributed by atoms with Crippen LogP contribution in [0.2, 0.25) is 0 Å². The van der Waals surface area contributed by atoms with E-state index in [0.717, 1.165) is 38.2 Å². The lowest BCUT2D eigenvalue weighted by Crippen LogP contribution is -2.28. The van der Waals surface area contributed by atoms with Gasteiger partial charge in [-0.2, -0.15) is 5.10 Å². The molecule has 170 valence electrons. The van der Waals surface area contributed by atoms with Gasteiger partial charge in [-0.05, 0) is 75.1 Å². The highest BCUT2D eigenvalue weighted by Gasteiger charge is 2.42. The standard InChI is InChI=1S/C26H28N4OS2/c1-15-5-10-20(22-16(2)13-17(14-21(22)31-3)25-27-11-12-33-25)30-23(15)24(26(28-30)32-4)29(18-6-7-18)19-8-9-19/h5,10-14,18-19H,6-9H2,1-4H3. The first-order chi connectivity index (χ1) is 16.1. The Hall–Kier alpha value is -2.51. The molecule has 6 rings (SSSR count). The Labute approximate surface area is 202 Å². The molecule has 2 aliphatic rings. The number of hydrogen-bond donors (Lipinski definition) is 0. The van der Waals surface area contributed by atoms with Crippen LogP contribution in [-0.2, 0) is 0 Å². The van der Waals surface area contributed by atoms with E-state index in [1.54, 1.807) is 30.2 Å². The predicted molar refractivity (Wildman–Crippen MR) is 138 cm³/mol. The molecule has 2 aliphatic carbocycles. The molecule has 0 spiro atoms. The number of benzene rings is 1. The number of methoxy groups -OCH3 is 1. The number of thiazole rings is 1. The van der Waals surface area contributed by atoms with Gasteiger partial charge in [0, 0.05) is 34.8 Å². The normalized spacial score (nSPS) is 15.9. The topological polar surface area (TPSA) is 42.7 Å². The average Bonchev–Trinajstić information content (AvgIpc) is 3.74. The van der Waals surface area contributed by atoms with Crippen molar-refractivity contribution in [2.75, 3.05) is 18.3 Å². The second-order valence-electron chi connectivity index (χ2n) is 9.10. The van der Waals surface area contributed by atoms with Crippen LogP contribution in [0.15, 0.2) is 40.9 Å². The van der Waals surface area contributed by atoms with Crippen molar-refractivity contribution in [3.8, 4) is 27.6 Å². The van der Waals surface area contributed by atoms with Gasteiger partial charge in [0.2, 0.25) is 0 Å². The van der Waals surface area contributed by atoms with Gasteiger partial charge >= 0.3 is 0 Å². The minimum absolute atomic E-state index is 0.674. The fourth-order valence-corrected chi connectivity index (χ4v) is 6.12. The van der Waals surface area contributed by atoms with E-state index in [1.807, 2.05) is 11.6 Å². The summed E-state index contributed by atoms with van der Waals surface area (Å²) in [6.07, 6.45) is 9.18. The molecule has 0 N–H and O–H groups in total. The molecule has 0 atom stereocenters. The molecule has 4 aromatic rings. The summed E-state index contributed by atoms with van der Waals surface area (Å²) in [5.74, 6) is 0.856. The lowest BCUT2D eigenvalue weighted by atomic mass is 9.99. The van der Waals surface area contributed by atoms with E-state index in [2.05, 4.69) is 58.8 Å². The van der Waals surface area contributed by atoms with Crippen LogP contribution in [0, 0.1) is 13.8 Å². The summed E-state index contributed by atoms with van der Waals surface area (Å²) in [4.78, 5) is 7.19. The number of aryl methyl sites for hydroxylation is 2. The van der Waals surface area contributed by atoms with Gasteiger partial charge in [0.05, 0.1) is 24.0 Å². The van der Waals surface area contributed by atoms with Crippen LogP contribution in [0.5, 0.6) is 5.75 Å². The molecule has 0 saturated heterocycles. The number of nitrogens with zero attached hydrogens (tertiary/aromatic N) is 4. The van der Waals surface area contributed by atoms with Crippen LogP contribution in [0.4, 0.5) is 5.69 Å². The molecule has 2 saturated carbocycles. The Kier molecular flexibility index (Phi) is 5.14. The third kappa shape index (κ3) is 3.53. The lowest BCUT2D eigenvalue weighted by molar-refractivity contribution is 0.416. The van der Waals surface area contributed by atoms with E-state index >= 15 is 0 Å². The number of aromatic nitrogens is 3. The zero-order valence-electron chi connectivity index (χ0n) is 19.5. The quantitative estimate of drug-likeness (QED) is 0.281. The molecule has 0 amide bonds. The number of pyridine rings is 1. The molecule has 0 aliphatic heterocycles. The van der Waals surface area contributed by atoms with Crippen LogP contribution in [0.3, 0.4) is 0 Å². The Balaban J connectivity index is 1.58. The summed E-state index contributed by atoms with van der Waals surface area (Å²) < 4.78 is 8.09. The second kappa shape index (κ2) is 8.06. The first kappa shape index (κ1) is 21.1. The molecule has 3 aromatic heterocycles. The molecule has 1 aromatic carbocycles. The highest BCUT2D eigenvalue weighted by atomic mass is 32.2. The number of anilines is 1. The molecule has 0 bridgehead atoms. The van der Waals surface area contributed by atoms with Crippen LogP contribution in [0.25, 0.3) is 27.3 Å². The fourth-order valence-electron chi connectivity index (χ4n) is 4.93. The second-order valence-corrected chi connectivity index (χ2v) is 10.8. The highest BCUT2D eigenvalue weighted by Crippen LogP contribution is 2.48. The van der Waals surface area contributed by atoms with Crippen molar-refractivity contribution in [1.29, 1.82) is 0 Å². The van der Waals surface area contributed by atoms with Crippen LogP contribution in [0.1, 0.15) is 36.8 Å². The maximum absolute atomic E-state index is 5.93. The maximum atomic E-state index is 5.93. The van der Waals surface area contributed by atoms with Gasteiger partial charge in [0.1, 0.15) is 15.8 Å². The van der Waals surface area contributed by atoms with Gasteiger partial charge in [-0.15, -0.1) is 23.1 Å². The van der Waals surface area contributed by atoms with Gasteiger partial charge in [-0.25, -0.2) is 9.50 Å². The Morgan fingerprint density at radius 2 is 1.85 bits per heavy atom. The molecule has 0 radical (unpaired) electrons. The summed E-state index contributed by atoms with van der Waals surface area (Å²) in [6, 6.07) is 10.1. The molecular weight excluding hydrogens is 448 g/mol. The maximum Gasteiger partial charge on any atom is 0.142 e. The first-order valence-electron chi connectivity index (χ1n) is 11.5. The van der Waals surface area contributed by atoms with E-state index in [-0.39, 0.29) is 0 Å². The summed E-state index contributed by atoms with van der Waals surface area (Å²) >= 11 is 3.40. The molecule has 7 heteroatoms. The van der Waals surface area contributed by atoms with E-state index in [0.29, 0.717) is 12.1 Å². The Morgan fingerprint density at radius 3 is 2.45 bits per heavy atom. The third-order valence-corrected chi connectivity index (χ3v) is 8.19. The molecule has 3 heterocycles. The molecular formula is C26H28N4OS2. The summed E-state index contributed by atoms with van der Waals surface area (Å²) in [7, 11) is 1.75.